The van der Waals surface area contributed by atoms with Crippen LogP contribution in [0.5, 0.6) is 0 Å². The van der Waals surface area contributed by atoms with E-state index in [2.05, 4.69) is 15.3 Å². The average Bonchev–Trinajstić information content (AvgIpc) is 2.15. The standard InChI is InChI=1S/C10H13N3O4/c1-10(2,3)17-9(16)13-6-4-11-7(8(14)15)12-5-6/h4-5H,1-3H3,(H,13,16)(H,14,15). The molecule has 1 heterocycles. The highest BCUT2D eigenvalue weighted by atomic mass is 16.6. The van der Waals surface area contributed by atoms with Crippen molar-refractivity contribution in [3.63, 3.8) is 0 Å². The molecule has 1 aromatic heterocycles. The molecular weight excluding hydrogens is 226 g/mol. The smallest absolute Gasteiger partial charge is 0.412 e. The lowest BCUT2D eigenvalue weighted by atomic mass is 10.2. The van der Waals surface area contributed by atoms with Gasteiger partial charge in [0.05, 0.1) is 18.1 Å². The maximum absolute atomic E-state index is 11.3. The normalized spacial score (nSPS) is 10.8. The minimum atomic E-state index is -1.23. The molecule has 0 aromatic carbocycles. The Balaban J connectivity index is 2.64. The fourth-order valence-corrected chi connectivity index (χ4v) is 0.924. The molecule has 0 saturated heterocycles. The number of hydrogen-bond acceptors (Lipinski definition) is 5. The van der Waals surface area contributed by atoms with E-state index < -0.39 is 17.7 Å². The molecule has 0 bridgehead atoms. The molecule has 1 amide bonds. The Morgan fingerprint density at radius 1 is 1.29 bits per heavy atom. The molecule has 0 aliphatic carbocycles. The van der Waals surface area contributed by atoms with Crippen LogP contribution in [0.25, 0.3) is 0 Å². The van der Waals surface area contributed by atoms with Crippen molar-refractivity contribution >= 4 is 17.7 Å². The lowest BCUT2D eigenvalue weighted by Crippen LogP contribution is -2.27. The summed E-state index contributed by atoms with van der Waals surface area (Å²) in [5.41, 5.74) is -0.337. The summed E-state index contributed by atoms with van der Waals surface area (Å²) in [5, 5.41) is 11.0. The fraction of sp³-hybridized carbons (Fsp3) is 0.400. The van der Waals surface area contributed by atoms with Crippen molar-refractivity contribution in [2.45, 2.75) is 26.4 Å². The molecule has 1 aromatic rings. The van der Waals surface area contributed by atoms with Crippen molar-refractivity contribution in [1.29, 1.82) is 0 Å². The highest BCUT2D eigenvalue weighted by Crippen LogP contribution is 2.10. The molecule has 0 spiro atoms. The zero-order valence-electron chi connectivity index (χ0n) is 9.72. The van der Waals surface area contributed by atoms with Crippen LogP contribution in [0.2, 0.25) is 0 Å². The maximum Gasteiger partial charge on any atom is 0.412 e. The van der Waals surface area contributed by atoms with E-state index in [4.69, 9.17) is 9.84 Å². The van der Waals surface area contributed by atoms with Crippen molar-refractivity contribution in [2.24, 2.45) is 0 Å². The topological polar surface area (TPSA) is 101 Å². The van der Waals surface area contributed by atoms with Crippen LogP contribution >= 0.6 is 0 Å². The van der Waals surface area contributed by atoms with Gasteiger partial charge in [-0.3, -0.25) is 5.32 Å². The molecule has 92 valence electrons. The third-order valence-corrected chi connectivity index (χ3v) is 1.49. The van der Waals surface area contributed by atoms with Gasteiger partial charge in [0.2, 0.25) is 5.82 Å². The summed E-state index contributed by atoms with van der Waals surface area (Å²) >= 11 is 0. The van der Waals surface area contributed by atoms with Crippen LogP contribution in [0.15, 0.2) is 12.4 Å². The molecule has 17 heavy (non-hydrogen) atoms. The van der Waals surface area contributed by atoms with Gasteiger partial charge in [-0.05, 0) is 20.8 Å². The molecule has 7 heteroatoms. The van der Waals surface area contributed by atoms with E-state index in [0.717, 1.165) is 0 Å². The molecule has 0 aliphatic rings. The van der Waals surface area contributed by atoms with Gasteiger partial charge in [-0.1, -0.05) is 0 Å². The molecule has 0 saturated carbocycles. The first-order chi connectivity index (χ1) is 7.78. The molecule has 2 N–H and O–H groups in total. The van der Waals surface area contributed by atoms with Gasteiger partial charge in [-0.25, -0.2) is 19.6 Å². The summed E-state index contributed by atoms with van der Waals surface area (Å²) in [7, 11) is 0. The Labute approximate surface area is 97.8 Å². The first-order valence-electron chi connectivity index (χ1n) is 4.83. The van der Waals surface area contributed by atoms with Gasteiger partial charge in [-0.15, -0.1) is 0 Å². The van der Waals surface area contributed by atoms with Crippen LogP contribution in [-0.2, 0) is 4.74 Å². The number of hydrogen-bond donors (Lipinski definition) is 2. The molecule has 0 atom stereocenters. The number of amides is 1. The molecule has 0 radical (unpaired) electrons. The monoisotopic (exact) mass is 239 g/mol. The van der Waals surface area contributed by atoms with Crippen molar-refractivity contribution in [2.75, 3.05) is 5.32 Å². The average molecular weight is 239 g/mol. The summed E-state index contributed by atoms with van der Waals surface area (Å²) in [6.45, 7) is 5.20. The second-order valence-corrected chi connectivity index (χ2v) is 4.23. The summed E-state index contributed by atoms with van der Waals surface area (Å²) < 4.78 is 5.00. The van der Waals surface area contributed by atoms with Crippen LogP contribution in [0, 0.1) is 0 Å². The SMILES string of the molecule is CC(C)(C)OC(=O)Nc1cnc(C(=O)O)nc1. The first-order valence-corrected chi connectivity index (χ1v) is 4.83. The van der Waals surface area contributed by atoms with Crippen LogP contribution in [0.4, 0.5) is 10.5 Å². The second-order valence-electron chi connectivity index (χ2n) is 4.23. The van der Waals surface area contributed by atoms with Crippen LogP contribution in [0.3, 0.4) is 0 Å². The minimum absolute atomic E-state index is 0.268. The summed E-state index contributed by atoms with van der Waals surface area (Å²) in [6, 6.07) is 0. The highest BCUT2D eigenvalue weighted by molar-refractivity contribution is 5.85. The molecule has 0 unspecified atom stereocenters. The lowest BCUT2D eigenvalue weighted by Gasteiger charge is -2.19. The number of nitrogens with one attached hydrogen (secondary N) is 1. The molecule has 0 fully saturated rings. The Morgan fingerprint density at radius 3 is 2.24 bits per heavy atom. The quantitative estimate of drug-likeness (QED) is 0.811. The van der Waals surface area contributed by atoms with Gasteiger partial charge < -0.3 is 9.84 Å². The number of aromatic nitrogens is 2. The number of carboxylic acid groups (broad SMARTS) is 1. The summed E-state index contributed by atoms with van der Waals surface area (Å²) in [5.74, 6) is -1.56. The number of ether oxygens (including phenoxy) is 1. The number of rotatable bonds is 2. The van der Waals surface area contributed by atoms with Crippen LogP contribution in [-0.4, -0.2) is 32.7 Å². The fourth-order valence-electron chi connectivity index (χ4n) is 0.924. The first kappa shape index (κ1) is 12.9. The minimum Gasteiger partial charge on any atom is -0.475 e. The summed E-state index contributed by atoms with van der Waals surface area (Å²) in [6.07, 6.45) is 1.74. The highest BCUT2D eigenvalue weighted by Gasteiger charge is 2.16. The maximum atomic E-state index is 11.3. The van der Waals surface area contributed by atoms with E-state index in [0.29, 0.717) is 0 Å². The van der Waals surface area contributed by atoms with Gasteiger partial charge >= 0.3 is 12.1 Å². The predicted molar refractivity (Wildman–Crippen MR) is 58.8 cm³/mol. The number of carboxylic acids is 1. The number of aromatic carboxylic acids is 1. The zero-order chi connectivity index (χ0) is 13.1. The van der Waals surface area contributed by atoms with Gasteiger partial charge in [-0.2, -0.15) is 0 Å². The Kier molecular flexibility index (Phi) is 3.62. The van der Waals surface area contributed by atoms with E-state index >= 15 is 0 Å². The van der Waals surface area contributed by atoms with E-state index in [1.165, 1.54) is 12.4 Å². The van der Waals surface area contributed by atoms with E-state index in [1.807, 2.05) is 0 Å². The van der Waals surface area contributed by atoms with Crippen LogP contribution in [0.1, 0.15) is 31.4 Å². The van der Waals surface area contributed by atoms with Gasteiger partial charge in [0.25, 0.3) is 0 Å². The largest absolute Gasteiger partial charge is 0.475 e. The second kappa shape index (κ2) is 4.77. The van der Waals surface area contributed by atoms with E-state index in [1.54, 1.807) is 20.8 Å². The third-order valence-electron chi connectivity index (χ3n) is 1.49. The zero-order valence-corrected chi connectivity index (χ0v) is 9.72. The van der Waals surface area contributed by atoms with Gasteiger partial charge in [0, 0.05) is 0 Å². The number of carbonyl (C=O) groups is 2. The summed E-state index contributed by atoms with van der Waals surface area (Å²) in [4.78, 5) is 28.9. The van der Waals surface area contributed by atoms with E-state index in [-0.39, 0.29) is 11.5 Å². The lowest BCUT2D eigenvalue weighted by molar-refractivity contribution is 0.0634. The number of nitrogens with zero attached hydrogens (tertiary/aromatic N) is 2. The molecule has 7 nitrogen and oxygen atoms in total. The van der Waals surface area contributed by atoms with E-state index in [9.17, 15) is 9.59 Å². The predicted octanol–water partition coefficient (Wildman–Crippen LogP) is 1.52. The molecule has 0 aliphatic heterocycles. The van der Waals surface area contributed by atoms with Gasteiger partial charge in [0.1, 0.15) is 5.60 Å². The molecule has 1 rings (SSSR count). The van der Waals surface area contributed by atoms with Crippen LogP contribution < -0.4 is 5.32 Å². The molecular formula is C10H13N3O4. The number of carbonyl (C=O) groups excluding carboxylic acids is 1. The Bertz CT molecular complexity index is 422. The van der Waals surface area contributed by atoms with Crippen molar-refractivity contribution in [1.82, 2.24) is 9.97 Å². The Morgan fingerprint density at radius 2 is 1.82 bits per heavy atom. The number of anilines is 1. The van der Waals surface area contributed by atoms with Crippen molar-refractivity contribution in [3.05, 3.63) is 18.2 Å². The van der Waals surface area contributed by atoms with Crippen molar-refractivity contribution in [3.8, 4) is 0 Å². The van der Waals surface area contributed by atoms with Gasteiger partial charge in [0.15, 0.2) is 0 Å². The third kappa shape index (κ3) is 4.45. The van der Waals surface area contributed by atoms with Crippen molar-refractivity contribution < 1.29 is 19.4 Å². The Hall–Kier alpha value is -2.18.